The topological polar surface area (TPSA) is 94.1 Å². The fraction of sp³-hybridized carbons (Fsp3) is 0.381. The van der Waals surface area contributed by atoms with Gasteiger partial charge in [0.25, 0.3) is 0 Å². The molecule has 0 spiro atoms. The minimum atomic E-state index is -1.06. The number of β-amino-alcohol motifs (C(OH)–C–C–N with tert-alkyl or cyclic N) is 1. The third-order valence-corrected chi connectivity index (χ3v) is 5.52. The van der Waals surface area contributed by atoms with Crippen LogP contribution in [0.5, 0.6) is 0 Å². The van der Waals surface area contributed by atoms with Crippen molar-refractivity contribution in [3.63, 3.8) is 0 Å². The van der Waals surface area contributed by atoms with Crippen molar-refractivity contribution in [1.29, 1.82) is 0 Å². The predicted octanol–water partition coefficient (Wildman–Crippen LogP) is 2.83. The number of carbonyl (C=O) groups excluding carboxylic acids is 1. The molecule has 1 saturated heterocycles. The van der Waals surface area contributed by atoms with Gasteiger partial charge in [-0.3, -0.25) is 4.79 Å². The first-order valence-electron chi connectivity index (χ1n) is 9.90. The number of rotatable bonds is 6. The number of halogens is 2. The number of anilines is 1. The Morgan fingerprint density at radius 2 is 2.23 bits per heavy atom. The fourth-order valence-electron chi connectivity index (χ4n) is 3.74. The van der Waals surface area contributed by atoms with Crippen molar-refractivity contribution in [2.24, 2.45) is 0 Å². The van der Waals surface area contributed by atoms with Gasteiger partial charge in [0.05, 0.1) is 22.8 Å². The van der Waals surface area contributed by atoms with Crippen LogP contribution in [0.1, 0.15) is 25.1 Å². The highest BCUT2D eigenvalue weighted by atomic mass is 35.5. The molecular weight excluding hydrogens is 409 g/mol. The monoisotopic (exact) mass is 431 g/mol. The van der Waals surface area contributed by atoms with Gasteiger partial charge in [0.15, 0.2) is 0 Å². The summed E-state index contributed by atoms with van der Waals surface area (Å²) >= 11 is 5.98. The normalized spacial score (nSPS) is 19.2. The van der Waals surface area contributed by atoms with Gasteiger partial charge in [0.2, 0.25) is 5.91 Å². The van der Waals surface area contributed by atoms with E-state index in [9.17, 15) is 14.3 Å². The second-order valence-electron chi connectivity index (χ2n) is 7.71. The molecule has 1 atom stereocenters. The molecule has 1 unspecified atom stereocenters. The van der Waals surface area contributed by atoms with E-state index in [1.165, 1.54) is 6.07 Å². The van der Waals surface area contributed by atoms with Gasteiger partial charge in [-0.15, -0.1) is 0 Å². The average Bonchev–Trinajstić information content (AvgIpc) is 3.13. The van der Waals surface area contributed by atoms with Crippen molar-refractivity contribution in [1.82, 2.24) is 20.3 Å². The fourth-order valence-corrected chi connectivity index (χ4v) is 3.92. The van der Waals surface area contributed by atoms with Gasteiger partial charge in [-0.25, -0.2) is 14.4 Å². The zero-order valence-electron chi connectivity index (χ0n) is 16.4. The largest absolute Gasteiger partial charge is 0.386 e. The molecule has 1 aliphatic heterocycles. The number of carbonyl (C=O) groups is 1. The number of aromatic amines is 1. The van der Waals surface area contributed by atoms with Crippen LogP contribution in [0.3, 0.4) is 0 Å². The Balaban J connectivity index is 1.29. The molecule has 1 aromatic carbocycles. The second kappa shape index (κ2) is 8.57. The molecule has 3 heterocycles. The first-order chi connectivity index (χ1) is 14.4. The summed E-state index contributed by atoms with van der Waals surface area (Å²) < 4.78 is 13.1. The van der Waals surface area contributed by atoms with Crippen LogP contribution in [0, 0.1) is 5.82 Å². The van der Waals surface area contributed by atoms with Crippen molar-refractivity contribution in [3.05, 3.63) is 53.2 Å². The average molecular weight is 432 g/mol. The number of piperidine rings is 1. The third kappa shape index (κ3) is 4.88. The number of fused-ring (bicyclic) bond motifs is 1. The van der Waals surface area contributed by atoms with Crippen molar-refractivity contribution in [2.75, 3.05) is 24.5 Å². The molecule has 1 fully saturated rings. The van der Waals surface area contributed by atoms with Crippen molar-refractivity contribution in [2.45, 2.75) is 31.3 Å². The third-order valence-electron chi connectivity index (χ3n) is 5.29. The number of amides is 1. The lowest BCUT2D eigenvalue weighted by atomic mass is 9.92. The molecule has 0 bridgehead atoms. The van der Waals surface area contributed by atoms with E-state index in [2.05, 4.69) is 20.3 Å². The number of hydrogen-bond acceptors (Lipinski definition) is 5. The van der Waals surface area contributed by atoms with Gasteiger partial charge in [0, 0.05) is 37.5 Å². The van der Waals surface area contributed by atoms with Gasteiger partial charge in [-0.1, -0.05) is 11.6 Å². The summed E-state index contributed by atoms with van der Waals surface area (Å²) in [7, 11) is 0. The molecule has 158 valence electrons. The second-order valence-corrected chi connectivity index (χ2v) is 8.14. The number of nitrogens with zero attached hydrogens (tertiary/aromatic N) is 3. The van der Waals surface area contributed by atoms with Gasteiger partial charge in [-0.05, 0) is 43.2 Å². The molecule has 0 radical (unpaired) electrons. The van der Waals surface area contributed by atoms with Crippen LogP contribution in [0.25, 0.3) is 11.0 Å². The molecule has 30 heavy (non-hydrogen) atoms. The smallest absolute Gasteiger partial charge is 0.220 e. The number of nitrogens with one attached hydrogen (secondary N) is 2. The summed E-state index contributed by atoms with van der Waals surface area (Å²) in [6.45, 7) is 1.21. The maximum absolute atomic E-state index is 13.1. The van der Waals surface area contributed by atoms with E-state index in [0.717, 1.165) is 30.2 Å². The Kier molecular flexibility index (Phi) is 5.87. The SMILES string of the molecule is O=C(CCc1nc2ccc(Cl)cc2[nH]1)NCC1(O)CCCN(c2ccc(F)cn2)C1. The van der Waals surface area contributed by atoms with Crippen LogP contribution in [0.4, 0.5) is 10.2 Å². The van der Waals surface area contributed by atoms with Crippen LogP contribution >= 0.6 is 11.6 Å². The highest BCUT2D eigenvalue weighted by Gasteiger charge is 2.34. The minimum Gasteiger partial charge on any atom is -0.386 e. The predicted molar refractivity (Wildman–Crippen MR) is 113 cm³/mol. The van der Waals surface area contributed by atoms with E-state index in [1.54, 1.807) is 18.2 Å². The molecule has 4 rings (SSSR count). The van der Waals surface area contributed by atoms with E-state index in [1.807, 2.05) is 11.0 Å². The summed E-state index contributed by atoms with van der Waals surface area (Å²) in [5, 5.41) is 14.4. The summed E-state index contributed by atoms with van der Waals surface area (Å²) in [4.78, 5) is 25.9. The van der Waals surface area contributed by atoms with E-state index in [4.69, 9.17) is 11.6 Å². The number of imidazole rings is 1. The highest BCUT2D eigenvalue weighted by molar-refractivity contribution is 6.31. The van der Waals surface area contributed by atoms with Crippen LogP contribution in [-0.4, -0.2) is 51.2 Å². The zero-order chi connectivity index (χ0) is 21.1. The minimum absolute atomic E-state index is 0.152. The Morgan fingerprint density at radius 3 is 3.03 bits per heavy atom. The first-order valence-corrected chi connectivity index (χ1v) is 10.3. The lowest BCUT2D eigenvalue weighted by Gasteiger charge is -2.39. The van der Waals surface area contributed by atoms with E-state index in [0.29, 0.717) is 36.1 Å². The Bertz CT molecular complexity index is 1040. The van der Waals surface area contributed by atoms with Crippen LogP contribution in [0.15, 0.2) is 36.5 Å². The summed E-state index contributed by atoms with van der Waals surface area (Å²) in [5.74, 6) is 0.781. The van der Waals surface area contributed by atoms with Crippen LogP contribution < -0.4 is 10.2 Å². The van der Waals surface area contributed by atoms with Crippen molar-refractivity contribution < 1.29 is 14.3 Å². The molecule has 0 saturated carbocycles. The number of aliphatic hydroxyl groups is 1. The summed E-state index contributed by atoms with van der Waals surface area (Å²) in [5.41, 5.74) is 0.588. The van der Waals surface area contributed by atoms with Gasteiger partial charge < -0.3 is 20.3 Å². The molecular formula is C21H23ClFN5O2. The molecule has 9 heteroatoms. The molecule has 3 N–H and O–H groups in total. The molecule has 7 nitrogen and oxygen atoms in total. The standard InChI is InChI=1S/C21H23ClFN5O2/c22-14-2-4-16-17(10-14)27-18(26-16)5-7-20(29)25-12-21(30)8-1-9-28(13-21)19-6-3-15(23)11-24-19/h2-4,6,10-11,30H,1,5,7-9,12-13H2,(H,25,29)(H,26,27). The number of aryl methyl sites for hydroxylation is 1. The first kappa shape index (κ1) is 20.6. The van der Waals surface area contributed by atoms with Crippen molar-refractivity contribution >= 4 is 34.4 Å². The summed E-state index contributed by atoms with van der Waals surface area (Å²) in [6.07, 6.45) is 3.22. The maximum atomic E-state index is 13.1. The number of pyridine rings is 1. The molecule has 3 aromatic rings. The lowest BCUT2D eigenvalue weighted by Crippen LogP contribution is -2.54. The number of hydrogen-bond donors (Lipinski definition) is 3. The number of benzene rings is 1. The Labute approximate surface area is 178 Å². The van der Waals surface area contributed by atoms with Gasteiger partial charge in [0.1, 0.15) is 17.5 Å². The molecule has 1 aliphatic rings. The van der Waals surface area contributed by atoms with Crippen LogP contribution in [0.2, 0.25) is 5.02 Å². The highest BCUT2D eigenvalue weighted by Crippen LogP contribution is 2.24. The molecule has 1 amide bonds. The number of aromatic nitrogens is 3. The molecule has 0 aliphatic carbocycles. The molecule has 2 aromatic heterocycles. The van der Waals surface area contributed by atoms with Gasteiger partial charge >= 0.3 is 0 Å². The van der Waals surface area contributed by atoms with E-state index >= 15 is 0 Å². The van der Waals surface area contributed by atoms with Gasteiger partial charge in [-0.2, -0.15) is 0 Å². The van der Waals surface area contributed by atoms with E-state index < -0.39 is 11.4 Å². The van der Waals surface area contributed by atoms with Crippen LogP contribution in [-0.2, 0) is 11.2 Å². The zero-order valence-corrected chi connectivity index (χ0v) is 17.1. The lowest BCUT2D eigenvalue weighted by molar-refractivity contribution is -0.122. The maximum Gasteiger partial charge on any atom is 0.220 e. The quantitative estimate of drug-likeness (QED) is 0.558. The van der Waals surface area contributed by atoms with Crippen molar-refractivity contribution in [3.8, 4) is 0 Å². The number of H-pyrrole nitrogens is 1. The summed E-state index contributed by atoms with van der Waals surface area (Å²) in [6, 6.07) is 8.35. The van der Waals surface area contributed by atoms with E-state index in [-0.39, 0.29) is 18.9 Å². The Hall–Kier alpha value is -2.71. The Morgan fingerprint density at radius 1 is 1.37 bits per heavy atom.